The van der Waals surface area contributed by atoms with Crippen LogP contribution in [0.4, 0.5) is 0 Å². The van der Waals surface area contributed by atoms with E-state index in [0.717, 1.165) is 23.7 Å². The molecule has 6 heteroatoms. The van der Waals surface area contributed by atoms with Gasteiger partial charge < -0.3 is 0 Å². The predicted octanol–water partition coefficient (Wildman–Crippen LogP) is 1.99. The summed E-state index contributed by atoms with van der Waals surface area (Å²) in [4.78, 5) is 0.984. The molecule has 1 heterocycles. The Labute approximate surface area is 126 Å². The molecule has 0 saturated carbocycles. The van der Waals surface area contributed by atoms with E-state index in [4.69, 9.17) is 0 Å². The zero-order chi connectivity index (χ0) is 13.9. The molecule has 2 rings (SSSR count). The molecule has 3 nitrogen and oxygen atoms in total. The van der Waals surface area contributed by atoms with Crippen LogP contribution in [0.5, 0.6) is 0 Å². The molecule has 0 aliphatic carbocycles. The Morgan fingerprint density at radius 3 is 2.63 bits per heavy atom. The van der Waals surface area contributed by atoms with E-state index in [-0.39, 0.29) is 6.04 Å². The molecule has 1 aromatic carbocycles. The van der Waals surface area contributed by atoms with E-state index in [2.05, 4.69) is 11.6 Å². The monoisotopic (exact) mass is 413 g/mol. The second-order valence-corrected chi connectivity index (χ2v) is 14.0. The number of hydrogen-bond donors (Lipinski definition) is 1. The third-order valence-electron chi connectivity index (χ3n) is 3.10. The van der Waals surface area contributed by atoms with Gasteiger partial charge in [0.15, 0.2) is 0 Å². The standard InChI is InChI=1S/C13H19NO2SSe2/c1-3-4-13-12(9-18-19-13)14-17(15,16)11-7-5-10(2)6-8-11/h5-8,12-14H,3-4,9H2,1-2H3/t12-,13+/m0/s1. The molecule has 1 aliphatic heterocycles. The van der Waals surface area contributed by atoms with Gasteiger partial charge in [0.05, 0.1) is 0 Å². The maximum absolute atomic E-state index is 12.4. The minimum atomic E-state index is -3.34. The van der Waals surface area contributed by atoms with E-state index in [0.29, 0.717) is 36.0 Å². The molecular formula is C13H19NO2SSe2. The number of sulfonamides is 1. The van der Waals surface area contributed by atoms with Gasteiger partial charge in [-0.3, -0.25) is 0 Å². The van der Waals surface area contributed by atoms with Crippen LogP contribution in [-0.4, -0.2) is 40.7 Å². The van der Waals surface area contributed by atoms with Crippen LogP contribution in [-0.2, 0) is 10.0 Å². The summed E-state index contributed by atoms with van der Waals surface area (Å²) in [5.74, 6) is 0. The zero-order valence-corrected chi connectivity index (χ0v) is 15.4. The van der Waals surface area contributed by atoms with E-state index in [1.54, 1.807) is 12.1 Å². The van der Waals surface area contributed by atoms with Crippen LogP contribution < -0.4 is 4.72 Å². The van der Waals surface area contributed by atoms with Gasteiger partial charge in [0, 0.05) is 0 Å². The topological polar surface area (TPSA) is 46.2 Å². The van der Waals surface area contributed by atoms with Crippen LogP contribution in [0, 0.1) is 6.92 Å². The summed E-state index contributed by atoms with van der Waals surface area (Å²) in [6.45, 7) is 4.13. The Hall–Kier alpha value is 0.169. The normalized spacial score (nSPS) is 23.7. The first-order chi connectivity index (χ1) is 9.03. The second-order valence-electron chi connectivity index (χ2n) is 4.75. The fourth-order valence-corrected chi connectivity index (χ4v) is 14.0. The van der Waals surface area contributed by atoms with E-state index >= 15 is 0 Å². The number of aryl methyl sites for hydroxylation is 1. The summed E-state index contributed by atoms with van der Waals surface area (Å²) in [7, 11) is -3.34. The molecule has 0 radical (unpaired) electrons. The van der Waals surface area contributed by atoms with Crippen molar-refractivity contribution in [2.75, 3.05) is 0 Å². The average Bonchev–Trinajstić information content (AvgIpc) is 2.77. The number of hydrogen-bond acceptors (Lipinski definition) is 2. The Balaban J connectivity index is 2.10. The van der Waals surface area contributed by atoms with Crippen LogP contribution >= 0.6 is 0 Å². The summed E-state index contributed by atoms with van der Waals surface area (Å²) < 4.78 is 27.6. The second kappa shape index (κ2) is 6.75. The SMILES string of the molecule is CCC[C@H]1[Se][Se]C[C@@H]1NS(=O)(=O)c1ccc(C)cc1. The van der Waals surface area contributed by atoms with Gasteiger partial charge in [-0.15, -0.1) is 0 Å². The first-order valence-corrected chi connectivity index (χ1v) is 14.4. The molecule has 19 heavy (non-hydrogen) atoms. The van der Waals surface area contributed by atoms with Gasteiger partial charge in [-0.2, -0.15) is 0 Å². The number of rotatable bonds is 5. The van der Waals surface area contributed by atoms with Crippen LogP contribution in [0.3, 0.4) is 0 Å². The van der Waals surface area contributed by atoms with Gasteiger partial charge in [-0.05, 0) is 0 Å². The molecule has 0 aromatic heterocycles. The van der Waals surface area contributed by atoms with E-state index in [1.807, 2.05) is 19.1 Å². The molecule has 2 atom stereocenters. The third kappa shape index (κ3) is 4.07. The zero-order valence-electron chi connectivity index (χ0n) is 11.1. The van der Waals surface area contributed by atoms with Gasteiger partial charge in [-0.25, -0.2) is 0 Å². The van der Waals surface area contributed by atoms with Crippen molar-refractivity contribution in [3.8, 4) is 0 Å². The van der Waals surface area contributed by atoms with Crippen LogP contribution in [0.1, 0.15) is 25.3 Å². The summed E-state index contributed by atoms with van der Waals surface area (Å²) >= 11 is 1.32. The van der Waals surface area contributed by atoms with Crippen molar-refractivity contribution in [2.45, 2.75) is 47.8 Å². The Bertz CT molecular complexity index is 516. The fraction of sp³-hybridized carbons (Fsp3) is 0.538. The summed E-state index contributed by atoms with van der Waals surface area (Å²) in [5, 5.41) is 1.06. The van der Waals surface area contributed by atoms with Gasteiger partial charge in [0.2, 0.25) is 0 Å². The molecule has 0 spiro atoms. The van der Waals surface area contributed by atoms with Crippen molar-refractivity contribution in [1.82, 2.24) is 4.72 Å². The molecule has 1 fully saturated rings. The molecular weight excluding hydrogens is 392 g/mol. The molecule has 1 N–H and O–H groups in total. The molecule has 1 aliphatic rings. The van der Waals surface area contributed by atoms with E-state index in [9.17, 15) is 8.42 Å². The molecule has 0 bridgehead atoms. The van der Waals surface area contributed by atoms with Crippen LogP contribution in [0.15, 0.2) is 29.2 Å². The predicted molar refractivity (Wildman–Crippen MR) is 80.3 cm³/mol. The van der Waals surface area contributed by atoms with Crippen molar-refractivity contribution in [2.24, 2.45) is 0 Å². The third-order valence-corrected chi connectivity index (χ3v) is 13.3. The molecule has 0 unspecified atom stereocenters. The number of nitrogens with one attached hydrogen (secondary N) is 1. The molecule has 106 valence electrons. The first-order valence-electron chi connectivity index (χ1n) is 6.40. The van der Waals surface area contributed by atoms with Crippen LogP contribution in [0.25, 0.3) is 0 Å². The molecule has 0 amide bonds. The summed E-state index contributed by atoms with van der Waals surface area (Å²) in [6.07, 6.45) is 2.30. The summed E-state index contributed by atoms with van der Waals surface area (Å²) in [5.41, 5.74) is 1.08. The fourth-order valence-electron chi connectivity index (χ4n) is 2.00. The van der Waals surface area contributed by atoms with Gasteiger partial charge >= 0.3 is 127 Å². The van der Waals surface area contributed by atoms with Crippen molar-refractivity contribution in [3.63, 3.8) is 0 Å². The van der Waals surface area contributed by atoms with Gasteiger partial charge in [0.25, 0.3) is 0 Å². The Morgan fingerprint density at radius 2 is 2.00 bits per heavy atom. The quantitative estimate of drug-likeness (QED) is 0.754. The van der Waals surface area contributed by atoms with Crippen molar-refractivity contribution < 1.29 is 8.42 Å². The first kappa shape index (κ1) is 15.6. The van der Waals surface area contributed by atoms with Gasteiger partial charge in [-0.1, -0.05) is 0 Å². The van der Waals surface area contributed by atoms with E-state index in [1.165, 1.54) is 0 Å². The average molecular weight is 411 g/mol. The van der Waals surface area contributed by atoms with Crippen molar-refractivity contribution in [1.29, 1.82) is 0 Å². The Kier molecular flexibility index (Phi) is 5.53. The number of benzene rings is 1. The Morgan fingerprint density at radius 1 is 1.32 bits per heavy atom. The molecule has 1 saturated heterocycles. The van der Waals surface area contributed by atoms with Crippen molar-refractivity contribution >= 4 is 36.3 Å². The van der Waals surface area contributed by atoms with Crippen LogP contribution in [0.2, 0.25) is 10.1 Å². The maximum atomic E-state index is 12.4. The summed E-state index contributed by atoms with van der Waals surface area (Å²) in [6, 6.07) is 7.25. The van der Waals surface area contributed by atoms with E-state index < -0.39 is 10.0 Å². The van der Waals surface area contributed by atoms with Gasteiger partial charge in [0.1, 0.15) is 0 Å². The van der Waals surface area contributed by atoms with Crippen molar-refractivity contribution in [3.05, 3.63) is 29.8 Å². The minimum absolute atomic E-state index is 0.172. The molecule has 1 aromatic rings.